The predicted octanol–water partition coefficient (Wildman–Crippen LogP) is 2.78. The summed E-state index contributed by atoms with van der Waals surface area (Å²) < 4.78 is 3.22. The van der Waals surface area contributed by atoms with Crippen LogP contribution in [-0.4, -0.2) is 9.36 Å². The summed E-state index contributed by atoms with van der Waals surface area (Å²) in [5.74, 6) is 0. The minimum atomic E-state index is 1.19. The fraction of sp³-hybridized carbons (Fsp3) is 0. The molecule has 0 atom stereocenters. The van der Waals surface area contributed by atoms with E-state index in [1.165, 1.54) is 21.7 Å². The normalized spacial score (nSPS) is 11.3. The van der Waals surface area contributed by atoms with E-state index in [1.807, 2.05) is 12.4 Å². The Morgan fingerprint density at radius 3 is 3.17 bits per heavy atom. The molecule has 2 aromatic heterocycles. The maximum Gasteiger partial charge on any atom is 0.0565 e. The molecule has 0 fully saturated rings. The minimum absolute atomic E-state index is 1.19. The van der Waals surface area contributed by atoms with E-state index in [0.717, 1.165) is 0 Å². The van der Waals surface area contributed by atoms with E-state index in [4.69, 9.17) is 0 Å². The van der Waals surface area contributed by atoms with Crippen molar-refractivity contribution in [3.63, 3.8) is 0 Å². The van der Waals surface area contributed by atoms with Gasteiger partial charge in [0.1, 0.15) is 0 Å². The van der Waals surface area contributed by atoms with Crippen LogP contribution < -0.4 is 0 Å². The number of nitrogens with one attached hydrogen (secondary N) is 1. The van der Waals surface area contributed by atoms with E-state index in [-0.39, 0.29) is 0 Å². The van der Waals surface area contributed by atoms with Crippen LogP contribution in [0.2, 0.25) is 0 Å². The summed E-state index contributed by atoms with van der Waals surface area (Å²) in [7, 11) is 0. The number of hydrogen-bond acceptors (Lipinski definition) is 2. The number of nitrogens with zero attached hydrogens (tertiary/aromatic N) is 1. The highest BCUT2D eigenvalue weighted by molar-refractivity contribution is 7.04. The van der Waals surface area contributed by atoms with Gasteiger partial charge in [-0.3, -0.25) is 4.98 Å². The molecule has 0 aliphatic heterocycles. The second-order valence-corrected chi connectivity index (χ2v) is 3.45. The first kappa shape index (κ1) is 6.20. The van der Waals surface area contributed by atoms with E-state index in [9.17, 15) is 0 Å². The fourth-order valence-corrected chi connectivity index (χ4v) is 2.21. The Morgan fingerprint density at radius 2 is 2.17 bits per heavy atom. The molecule has 3 heteroatoms. The molecule has 0 aliphatic rings. The zero-order valence-corrected chi connectivity index (χ0v) is 7.06. The first-order valence-corrected chi connectivity index (χ1v) is 4.61. The molecule has 3 aromatic rings. The summed E-state index contributed by atoms with van der Waals surface area (Å²) in [6, 6.07) is 4.18. The predicted molar refractivity (Wildman–Crippen MR) is 51.5 cm³/mol. The van der Waals surface area contributed by atoms with Crippen LogP contribution in [0, 0.1) is 0 Å². The number of rotatable bonds is 0. The van der Waals surface area contributed by atoms with Crippen LogP contribution in [0.4, 0.5) is 0 Å². The van der Waals surface area contributed by atoms with E-state index in [1.54, 1.807) is 11.5 Å². The zero-order valence-electron chi connectivity index (χ0n) is 6.24. The largest absolute Gasteiger partial charge is 0.311 e. The molecule has 0 radical (unpaired) electrons. The van der Waals surface area contributed by atoms with Crippen molar-refractivity contribution < 1.29 is 0 Å². The standard InChI is InChI=1S/C9H6N2S/c1-2-9-8(5-12-11-9)7-4-10-3-6(1)7/h1-5,11H. The third kappa shape index (κ3) is 0.662. The molecule has 0 aliphatic carbocycles. The van der Waals surface area contributed by atoms with E-state index < -0.39 is 0 Å². The van der Waals surface area contributed by atoms with Crippen molar-refractivity contribution in [2.75, 3.05) is 0 Å². The van der Waals surface area contributed by atoms with Gasteiger partial charge >= 0.3 is 0 Å². The first-order chi connectivity index (χ1) is 5.95. The fourth-order valence-electron chi connectivity index (χ4n) is 1.47. The van der Waals surface area contributed by atoms with Gasteiger partial charge in [0.05, 0.1) is 5.52 Å². The van der Waals surface area contributed by atoms with Crippen LogP contribution in [0.5, 0.6) is 0 Å². The third-order valence-corrected chi connectivity index (χ3v) is 2.78. The van der Waals surface area contributed by atoms with Crippen molar-refractivity contribution in [3.8, 4) is 0 Å². The lowest BCUT2D eigenvalue weighted by atomic mass is 10.1. The molecule has 0 spiro atoms. The van der Waals surface area contributed by atoms with Crippen molar-refractivity contribution in [1.29, 1.82) is 0 Å². The molecule has 1 aromatic carbocycles. The summed E-state index contributed by atoms with van der Waals surface area (Å²) in [4.78, 5) is 4.12. The van der Waals surface area contributed by atoms with Crippen LogP contribution in [0.3, 0.4) is 0 Å². The summed E-state index contributed by atoms with van der Waals surface area (Å²) in [6.07, 6.45) is 3.81. The number of fused-ring (bicyclic) bond motifs is 3. The molecule has 3 rings (SSSR count). The van der Waals surface area contributed by atoms with E-state index in [2.05, 4.69) is 26.9 Å². The summed E-state index contributed by atoms with van der Waals surface area (Å²) in [5, 5.41) is 5.86. The van der Waals surface area contributed by atoms with Crippen molar-refractivity contribution in [2.24, 2.45) is 0 Å². The molecule has 0 amide bonds. The number of benzene rings is 1. The van der Waals surface area contributed by atoms with Gasteiger partial charge in [0.2, 0.25) is 0 Å². The Kier molecular flexibility index (Phi) is 1.07. The molecule has 2 nitrogen and oxygen atoms in total. The monoisotopic (exact) mass is 174 g/mol. The van der Waals surface area contributed by atoms with Crippen LogP contribution in [0.25, 0.3) is 21.7 Å². The van der Waals surface area contributed by atoms with Crippen molar-refractivity contribution in [1.82, 2.24) is 9.36 Å². The van der Waals surface area contributed by atoms with Crippen LogP contribution in [0.15, 0.2) is 29.9 Å². The first-order valence-electron chi connectivity index (χ1n) is 3.73. The van der Waals surface area contributed by atoms with Gasteiger partial charge in [0.25, 0.3) is 0 Å². The highest BCUT2D eigenvalue weighted by Crippen LogP contribution is 2.25. The zero-order chi connectivity index (χ0) is 7.97. The third-order valence-electron chi connectivity index (χ3n) is 2.08. The Balaban J connectivity index is 2.71. The molecule has 2 heterocycles. The average Bonchev–Trinajstić information content (AvgIpc) is 2.71. The van der Waals surface area contributed by atoms with Crippen LogP contribution >= 0.6 is 11.5 Å². The van der Waals surface area contributed by atoms with Gasteiger partial charge in [-0.15, -0.1) is 0 Å². The van der Waals surface area contributed by atoms with Crippen molar-refractivity contribution >= 4 is 33.2 Å². The van der Waals surface area contributed by atoms with Gasteiger partial charge in [-0.05, 0) is 6.07 Å². The Labute approximate surface area is 73.0 Å². The number of hydrogen-bond donors (Lipinski definition) is 1. The SMILES string of the molecule is c1cc2[nH]scc2c2cncc12. The van der Waals surface area contributed by atoms with Crippen LogP contribution in [-0.2, 0) is 0 Å². The molecule has 0 saturated heterocycles. The molecular formula is C9H6N2S. The second-order valence-electron chi connectivity index (χ2n) is 2.77. The lowest BCUT2D eigenvalue weighted by Crippen LogP contribution is -1.66. The average molecular weight is 174 g/mol. The maximum absolute atomic E-state index is 4.12. The Morgan fingerprint density at radius 1 is 1.17 bits per heavy atom. The van der Waals surface area contributed by atoms with Gasteiger partial charge in [0, 0.05) is 33.9 Å². The maximum atomic E-state index is 4.12. The molecule has 12 heavy (non-hydrogen) atoms. The smallest absolute Gasteiger partial charge is 0.0565 e. The highest BCUT2D eigenvalue weighted by Gasteiger charge is 2.01. The van der Waals surface area contributed by atoms with Crippen LogP contribution in [0.1, 0.15) is 0 Å². The summed E-state index contributed by atoms with van der Waals surface area (Å²) >= 11 is 1.62. The number of aromatic nitrogens is 2. The van der Waals surface area contributed by atoms with Gasteiger partial charge in [-0.2, -0.15) is 0 Å². The van der Waals surface area contributed by atoms with Gasteiger partial charge in [-0.25, -0.2) is 0 Å². The Hall–Kier alpha value is -1.35. The van der Waals surface area contributed by atoms with E-state index in [0.29, 0.717) is 0 Å². The van der Waals surface area contributed by atoms with Crippen molar-refractivity contribution in [3.05, 3.63) is 29.9 Å². The molecule has 0 unspecified atom stereocenters. The number of H-pyrrole nitrogens is 1. The van der Waals surface area contributed by atoms with Gasteiger partial charge in [0.15, 0.2) is 0 Å². The lowest BCUT2D eigenvalue weighted by molar-refractivity contribution is 1.43. The Bertz CT molecular complexity index is 486. The summed E-state index contributed by atoms with van der Waals surface area (Å²) in [5.41, 5.74) is 1.19. The van der Waals surface area contributed by atoms with Gasteiger partial charge in [-0.1, -0.05) is 17.6 Å². The second kappa shape index (κ2) is 2.08. The van der Waals surface area contributed by atoms with Crippen molar-refractivity contribution in [2.45, 2.75) is 0 Å². The molecule has 1 N–H and O–H groups in total. The minimum Gasteiger partial charge on any atom is -0.311 e. The molecule has 0 bridgehead atoms. The topological polar surface area (TPSA) is 28.7 Å². The molecular weight excluding hydrogens is 168 g/mol. The van der Waals surface area contributed by atoms with E-state index >= 15 is 0 Å². The van der Waals surface area contributed by atoms with Gasteiger partial charge < -0.3 is 4.37 Å². The highest BCUT2D eigenvalue weighted by atomic mass is 32.1. The summed E-state index contributed by atoms with van der Waals surface area (Å²) in [6.45, 7) is 0. The number of aromatic amines is 1. The lowest BCUT2D eigenvalue weighted by Gasteiger charge is -1.89. The molecule has 58 valence electrons. The quantitative estimate of drug-likeness (QED) is 0.557. The molecule has 0 saturated carbocycles.